The molecule has 5 nitrogen and oxygen atoms in total. The van der Waals surface area contributed by atoms with E-state index in [0.717, 1.165) is 37.1 Å². The fourth-order valence-corrected chi connectivity index (χ4v) is 3.87. The van der Waals surface area contributed by atoms with Crippen molar-refractivity contribution in [1.29, 1.82) is 0 Å². The Morgan fingerprint density at radius 2 is 1.66 bits per heavy atom. The maximum Gasteiger partial charge on any atom is 0.260 e. The number of carbonyl (C=O) groups excluding carboxylic acids is 2. The van der Waals surface area contributed by atoms with Crippen LogP contribution in [0, 0.1) is 12.8 Å². The molecule has 2 amide bonds. The van der Waals surface area contributed by atoms with E-state index in [2.05, 4.69) is 47.6 Å². The van der Waals surface area contributed by atoms with E-state index < -0.39 is 0 Å². The van der Waals surface area contributed by atoms with Crippen molar-refractivity contribution >= 4 is 11.8 Å². The third kappa shape index (κ3) is 6.22. The molecular formula is C24H38N2O3. The molecule has 0 radical (unpaired) electrons. The van der Waals surface area contributed by atoms with Gasteiger partial charge in [0.15, 0.2) is 6.61 Å². The number of benzene rings is 1. The average molecular weight is 403 g/mol. The van der Waals surface area contributed by atoms with Crippen molar-refractivity contribution in [2.75, 3.05) is 32.8 Å². The van der Waals surface area contributed by atoms with Crippen LogP contribution in [0.5, 0.6) is 5.75 Å². The Hall–Kier alpha value is -2.04. The zero-order valence-corrected chi connectivity index (χ0v) is 19.1. The average Bonchev–Trinajstić information content (AvgIpc) is 2.93. The summed E-state index contributed by atoms with van der Waals surface area (Å²) in [6.07, 6.45) is 2.55. The van der Waals surface area contributed by atoms with Gasteiger partial charge >= 0.3 is 0 Å². The number of hydrogen-bond acceptors (Lipinski definition) is 3. The lowest BCUT2D eigenvalue weighted by Crippen LogP contribution is -2.41. The van der Waals surface area contributed by atoms with E-state index in [1.54, 1.807) is 0 Å². The van der Waals surface area contributed by atoms with E-state index in [4.69, 9.17) is 4.74 Å². The monoisotopic (exact) mass is 402 g/mol. The summed E-state index contributed by atoms with van der Waals surface area (Å²) in [4.78, 5) is 29.2. The molecule has 1 saturated heterocycles. The lowest BCUT2D eigenvalue weighted by Gasteiger charge is -2.26. The Morgan fingerprint density at radius 1 is 1.03 bits per heavy atom. The number of ether oxygens (including phenoxy) is 1. The summed E-state index contributed by atoms with van der Waals surface area (Å²) in [5.74, 6) is 1.09. The quantitative estimate of drug-likeness (QED) is 0.718. The second-order valence-electron chi connectivity index (χ2n) is 9.11. The lowest BCUT2D eigenvalue weighted by atomic mass is 9.85. The molecule has 1 fully saturated rings. The number of nitrogens with zero attached hydrogens (tertiary/aromatic N) is 2. The van der Waals surface area contributed by atoms with Crippen LogP contribution in [0.4, 0.5) is 0 Å². The number of amides is 2. The number of hydrogen-bond donors (Lipinski definition) is 0. The highest BCUT2D eigenvalue weighted by Crippen LogP contribution is 2.32. The van der Waals surface area contributed by atoms with E-state index in [9.17, 15) is 9.59 Å². The molecule has 1 heterocycles. The third-order valence-corrected chi connectivity index (χ3v) is 5.79. The predicted octanol–water partition coefficient (Wildman–Crippen LogP) is 4.17. The summed E-state index contributed by atoms with van der Waals surface area (Å²) in [7, 11) is 0. The third-order valence-electron chi connectivity index (χ3n) is 5.79. The van der Waals surface area contributed by atoms with E-state index in [1.807, 2.05) is 21.9 Å². The molecule has 0 atom stereocenters. The fraction of sp³-hybridized carbons (Fsp3) is 0.667. The molecule has 0 aliphatic carbocycles. The minimum absolute atomic E-state index is 0.0118. The second kappa shape index (κ2) is 10.1. The summed E-state index contributed by atoms with van der Waals surface area (Å²) < 4.78 is 5.95. The van der Waals surface area contributed by atoms with E-state index >= 15 is 0 Å². The van der Waals surface area contributed by atoms with Gasteiger partial charge in [-0.25, -0.2) is 0 Å². The van der Waals surface area contributed by atoms with Gasteiger partial charge < -0.3 is 14.5 Å². The Morgan fingerprint density at radius 3 is 2.28 bits per heavy atom. The van der Waals surface area contributed by atoms with Gasteiger partial charge in [-0.1, -0.05) is 52.3 Å². The lowest BCUT2D eigenvalue weighted by molar-refractivity contribution is -0.137. The van der Waals surface area contributed by atoms with Crippen molar-refractivity contribution in [3.05, 3.63) is 29.3 Å². The highest BCUT2D eigenvalue weighted by molar-refractivity contribution is 5.80. The summed E-state index contributed by atoms with van der Waals surface area (Å²) in [6.45, 7) is 15.3. The van der Waals surface area contributed by atoms with Gasteiger partial charge in [-0.3, -0.25) is 9.59 Å². The van der Waals surface area contributed by atoms with Crippen LogP contribution in [-0.2, 0) is 15.0 Å². The first-order chi connectivity index (χ1) is 13.7. The van der Waals surface area contributed by atoms with Crippen LogP contribution in [0.3, 0.4) is 0 Å². The second-order valence-corrected chi connectivity index (χ2v) is 9.11. The number of carbonyl (C=O) groups is 2. The van der Waals surface area contributed by atoms with Crippen LogP contribution >= 0.6 is 0 Å². The van der Waals surface area contributed by atoms with Gasteiger partial charge in [0.05, 0.1) is 0 Å². The molecule has 0 unspecified atom stereocenters. The molecule has 0 aromatic heterocycles. The van der Waals surface area contributed by atoms with Gasteiger partial charge in [0.2, 0.25) is 5.91 Å². The molecule has 29 heavy (non-hydrogen) atoms. The van der Waals surface area contributed by atoms with E-state index in [-0.39, 0.29) is 29.8 Å². The number of rotatable bonds is 6. The Balaban J connectivity index is 1.96. The molecule has 1 aliphatic heterocycles. The molecule has 0 saturated carbocycles. The molecule has 2 rings (SSSR count). The molecule has 1 aromatic rings. The first kappa shape index (κ1) is 23.2. The molecule has 0 N–H and O–H groups in total. The molecule has 5 heteroatoms. The zero-order chi connectivity index (χ0) is 21.6. The van der Waals surface area contributed by atoms with Gasteiger partial charge in [-0.2, -0.15) is 0 Å². The smallest absolute Gasteiger partial charge is 0.260 e. The van der Waals surface area contributed by atoms with Crippen LogP contribution in [-0.4, -0.2) is 54.4 Å². The van der Waals surface area contributed by atoms with Crippen LogP contribution in [0.25, 0.3) is 0 Å². The van der Waals surface area contributed by atoms with Crippen molar-refractivity contribution in [3.8, 4) is 5.75 Å². The molecule has 1 aromatic carbocycles. The highest BCUT2D eigenvalue weighted by atomic mass is 16.5. The Kier molecular flexibility index (Phi) is 8.12. The molecule has 1 aliphatic rings. The van der Waals surface area contributed by atoms with Gasteiger partial charge in [0, 0.05) is 32.1 Å². The van der Waals surface area contributed by atoms with Crippen molar-refractivity contribution in [2.24, 2.45) is 5.92 Å². The fourth-order valence-electron chi connectivity index (χ4n) is 3.87. The van der Waals surface area contributed by atoms with Crippen LogP contribution in [0.1, 0.15) is 65.0 Å². The minimum Gasteiger partial charge on any atom is -0.483 e. The van der Waals surface area contributed by atoms with E-state index in [0.29, 0.717) is 19.6 Å². The maximum absolute atomic E-state index is 12.8. The topological polar surface area (TPSA) is 49.9 Å². The van der Waals surface area contributed by atoms with Crippen LogP contribution in [0.15, 0.2) is 18.2 Å². The first-order valence-electron chi connectivity index (χ1n) is 11.0. The molecule has 0 spiro atoms. The Labute approximate surface area is 176 Å². The predicted molar refractivity (Wildman–Crippen MR) is 117 cm³/mol. The minimum atomic E-state index is -0.0526. The van der Waals surface area contributed by atoms with E-state index in [1.165, 1.54) is 5.56 Å². The largest absolute Gasteiger partial charge is 0.483 e. The Bertz CT molecular complexity index is 705. The standard InChI is InChI=1S/C24H38N2O3/c1-7-19(8-2)23(28)26-13-9-12-25(14-15-26)22(27)17-29-21-11-10-18(3)16-20(21)24(4,5)6/h10-11,16,19H,7-9,12-15,17H2,1-6H3. The highest BCUT2D eigenvalue weighted by Gasteiger charge is 2.26. The molecular weight excluding hydrogens is 364 g/mol. The van der Waals surface area contributed by atoms with Crippen molar-refractivity contribution < 1.29 is 14.3 Å². The number of aryl methyl sites for hydroxylation is 1. The van der Waals surface area contributed by atoms with Gasteiger partial charge in [-0.15, -0.1) is 0 Å². The van der Waals surface area contributed by atoms with Gasteiger partial charge in [-0.05, 0) is 43.2 Å². The molecule has 0 bridgehead atoms. The first-order valence-corrected chi connectivity index (χ1v) is 11.0. The van der Waals surface area contributed by atoms with Crippen molar-refractivity contribution in [3.63, 3.8) is 0 Å². The van der Waals surface area contributed by atoms with Crippen molar-refractivity contribution in [1.82, 2.24) is 9.80 Å². The van der Waals surface area contributed by atoms with Crippen molar-refractivity contribution in [2.45, 2.75) is 66.2 Å². The normalized spacial score (nSPS) is 15.4. The van der Waals surface area contributed by atoms with Gasteiger partial charge in [0.1, 0.15) is 5.75 Å². The van der Waals surface area contributed by atoms with Crippen LogP contribution < -0.4 is 4.74 Å². The zero-order valence-electron chi connectivity index (χ0n) is 19.1. The summed E-state index contributed by atoms with van der Waals surface area (Å²) in [6, 6.07) is 6.11. The summed E-state index contributed by atoms with van der Waals surface area (Å²) in [5.41, 5.74) is 2.25. The van der Waals surface area contributed by atoms with Gasteiger partial charge in [0.25, 0.3) is 5.91 Å². The maximum atomic E-state index is 12.8. The SMILES string of the molecule is CCC(CC)C(=O)N1CCCN(C(=O)COc2ccc(C)cc2C(C)(C)C)CC1. The summed E-state index contributed by atoms with van der Waals surface area (Å²) in [5, 5.41) is 0. The van der Waals surface area contributed by atoms with Crippen LogP contribution in [0.2, 0.25) is 0 Å². The summed E-state index contributed by atoms with van der Waals surface area (Å²) >= 11 is 0. The molecule has 162 valence electrons.